The lowest BCUT2D eigenvalue weighted by molar-refractivity contribution is -0.136. The van der Waals surface area contributed by atoms with Crippen LogP contribution >= 0.6 is 22.7 Å². The predicted molar refractivity (Wildman–Crippen MR) is 226 cm³/mol. The number of benzene rings is 2. The number of likely N-dealkylation sites (tertiary alicyclic amines) is 2. The first-order valence-electron chi connectivity index (χ1n) is 19.8. The number of hydrogen-bond donors (Lipinski definition) is 4. The molecule has 58 heavy (non-hydrogen) atoms. The molecule has 4 amide bonds. The van der Waals surface area contributed by atoms with Crippen LogP contribution in [-0.4, -0.2) is 93.1 Å². The maximum atomic E-state index is 13.6. The number of aromatic amines is 2. The highest BCUT2D eigenvalue weighted by Gasteiger charge is 2.39. The molecule has 8 rings (SSSR count). The highest BCUT2D eigenvalue weighted by atomic mass is 32.1. The van der Waals surface area contributed by atoms with Gasteiger partial charge in [0.25, 0.3) is 0 Å². The van der Waals surface area contributed by atoms with E-state index in [1.54, 1.807) is 22.7 Å². The Hall–Kier alpha value is -5.48. The SMILES string of the molecule is COC(=O)N[C@H](C(=O)N1CCCC1c1nc2ccc(-c3cc4sc(-c5ccc6nc(C7CCCN7C(=O)[C@H](NC(=O)OC)C(C)C)[nH]c6c5)cc4s3)cc2[nH]1)C(C)C. The number of nitrogens with one attached hydrogen (secondary N) is 4. The highest BCUT2D eigenvalue weighted by Crippen LogP contribution is 2.43. The third-order valence-corrected chi connectivity index (χ3v) is 13.7. The molecule has 2 unspecified atom stereocenters. The third-order valence-electron chi connectivity index (χ3n) is 11.3. The summed E-state index contributed by atoms with van der Waals surface area (Å²) < 4.78 is 12.0. The minimum atomic E-state index is -0.687. The van der Waals surface area contributed by atoms with Crippen molar-refractivity contribution in [3.63, 3.8) is 0 Å². The van der Waals surface area contributed by atoms with Gasteiger partial charge in [0.05, 0.1) is 48.4 Å². The number of imidazole rings is 2. The molecule has 2 fully saturated rings. The van der Waals surface area contributed by atoms with Gasteiger partial charge >= 0.3 is 12.2 Å². The van der Waals surface area contributed by atoms with Crippen LogP contribution in [0.2, 0.25) is 0 Å². The first-order valence-corrected chi connectivity index (χ1v) is 21.4. The largest absolute Gasteiger partial charge is 0.453 e. The van der Waals surface area contributed by atoms with Crippen molar-refractivity contribution in [2.75, 3.05) is 27.3 Å². The highest BCUT2D eigenvalue weighted by molar-refractivity contribution is 7.31. The second kappa shape index (κ2) is 16.0. The fraction of sp³-hybridized carbons (Fsp3) is 0.429. The number of rotatable bonds is 10. The molecule has 4 N–H and O–H groups in total. The number of fused-ring (bicyclic) bond motifs is 3. The van der Waals surface area contributed by atoms with Crippen LogP contribution in [0.5, 0.6) is 0 Å². The van der Waals surface area contributed by atoms with E-state index in [1.165, 1.54) is 23.6 Å². The molecule has 2 saturated heterocycles. The molecule has 4 aromatic heterocycles. The van der Waals surface area contributed by atoms with Gasteiger partial charge in [0.15, 0.2) is 0 Å². The summed E-state index contributed by atoms with van der Waals surface area (Å²) in [4.78, 5) is 74.1. The van der Waals surface area contributed by atoms with E-state index in [4.69, 9.17) is 19.4 Å². The van der Waals surface area contributed by atoms with Crippen LogP contribution in [0.15, 0.2) is 48.5 Å². The van der Waals surface area contributed by atoms with E-state index in [9.17, 15) is 19.2 Å². The summed E-state index contributed by atoms with van der Waals surface area (Å²) in [6.07, 6.45) is 2.04. The van der Waals surface area contributed by atoms with Crippen molar-refractivity contribution in [1.29, 1.82) is 0 Å². The van der Waals surface area contributed by atoms with Crippen LogP contribution in [0.25, 0.3) is 52.3 Å². The van der Waals surface area contributed by atoms with E-state index in [0.29, 0.717) is 13.1 Å². The number of nitrogens with zero attached hydrogens (tertiary/aromatic N) is 4. The molecular formula is C42H48N8O6S2. The molecule has 0 radical (unpaired) electrons. The van der Waals surface area contributed by atoms with Crippen molar-refractivity contribution in [3.05, 3.63) is 60.2 Å². The van der Waals surface area contributed by atoms with Crippen molar-refractivity contribution in [3.8, 4) is 20.9 Å². The number of aromatic nitrogens is 4. The van der Waals surface area contributed by atoms with Crippen molar-refractivity contribution in [2.24, 2.45) is 11.8 Å². The number of alkyl carbamates (subject to hydrolysis) is 2. The third kappa shape index (κ3) is 7.50. The zero-order chi connectivity index (χ0) is 40.8. The lowest BCUT2D eigenvalue weighted by atomic mass is 10.0. The summed E-state index contributed by atoms with van der Waals surface area (Å²) in [5, 5.41) is 5.43. The first-order chi connectivity index (χ1) is 27.9. The predicted octanol–water partition coefficient (Wildman–Crippen LogP) is 8.14. The Morgan fingerprint density at radius 1 is 0.672 bits per heavy atom. The minimum Gasteiger partial charge on any atom is -0.453 e. The molecule has 6 heterocycles. The standard InChI is InChI=1S/C42H48N8O6S2/c1-21(2)35(47-41(53)55-5)39(51)49-15-7-9-29(49)37-43-25-13-11-23(17-27(25)45-37)31-19-33-34(57-31)20-32(58-33)24-12-14-26-28(18-24)46-38(44-26)30-10-8-16-50(30)40(52)36(22(3)4)48-42(54)56-6/h11-14,17-22,29-30,35-36H,7-10,15-16H2,1-6H3,(H,43,45)(H,44,46)(H,47,53)(H,48,54)/t29?,30?,35-,36+. The molecule has 4 atom stereocenters. The number of ether oxygens (including phenoxy) is 2. The van der Waals surface area contributed by atoms with E-state index in [-0.39, 0.29) is 35.7 Å². The van der Waals surface area contributed by atoms with Crippen LogP contribution in [0.4, 0.5) is 9.59 Å². The van der Waals surface area contributed by atoms with Gasteiger partial charge in [-0.2, -0.15) is 0 Å². The van der Waals surface area contributed by atoms with E-state index in [0.717, 1.165) is 80.3 Å². The fourth-order valence-electron chi connectivity index (χ4n) is 8.19. The molecule has 0 saturated carbocycles. The van der Waals surface area contributed by atoms with Gasteiger partial charge in [-0.05, 0) is 85.0 Å². The van der Waals surface area contributed by atoms with Crippen molar-refractivity contribution in [2.45, 2.75) is 77.5 Å². The minimum absolute atomic E-state index is 0.104. The van der Waals surface area contributed by atoms with E-state index < -0.39 is 24.3 Å². The van der Waals surface area contributed by atoms with Crippen molar-refractivity contribution in [1.82, 2.24) is 40.4 Å². The molecule has 16 heteroatoms. The van der Waals surface area contributed by atoms with Gasteiger partial charge < -0.3 is 39.9 Å². The molecule has 2 aromatic carbocycles. The zero-order valence-corrected chi connectivity index (χ0v) is 35.0. The second-order valence-electron chi connectivity index (χ2n) is 15.8. The number of carbonyl (C=O) groups is 4. The maximum Gasteiger partial charge on any atom is 0.407 e. The van der Waals surface area contributed by atoms with E-state index in [2.05, 4.69) is 57.0 Å². The Morgan fingerprint density at radius 3 is 1.47 bits per heavy atom. The van der Waals surface area contributed by atoms with Crippen LogP contribution in [0, 0.1) is 11.8 Å². The Bertz CT molecular complexity index is 2320. The quantitative estimate of drug-likeness (QED) is 0.107. The number of hydrogen-bond acceptors (Lipinski definition) is 10. The molecule has 0 aliphatic carbocycles. The second-order valence-corrected chi connectivity index (χ2v) is 17.9. The molecule has 2 aliphatic heterocycles. The number of carbonyl (C=O) groups excluding carboxylic acids is 4. The lowest BCUT2D eigenvalue weighted by Gasteiger charge is -2.29. The Morgan fingerprint density at radius 2 is 1.09 bits per heavy atom. The summed E-state index contributed by atoms with van der Waals surface area (Å²) in [5.41, 5.74) is 5.68. The van der Waals surface area contributed by atoms with Gasteiger partial charge in [0, 0.05) is 32.2 Å². The topological polar surface area (TPSA) is 175 Å². The molecule has 14 nitrogen and oxygen atoms in total. The normalized spacial score (nSPS) is 18.1. The van der Waals surface area contributed by atoms with Crippen LogP contribution in [0.3, 0.4) is 0 Å². The van der Waals surface area contributed by atoms with Gasteiger partial charge in [-0.25, -0.2) is 19.6 Å². The molecule has 2 aliphatic rings. The number of thiophene rings is 2. The van der Waals surface area contributed by atoms with Gasteiger partial charge in [-0.1, -0.05) is 39.8 Å². The average Bonchev–Trinajstić information content (AvgIpc) is 4.06. The molecule has 0 spiro atoms. The van der Waals surface area contributed by atoms with Crippen LogP contribution < -0.4 is 10.6 Å². The summed E-state index contributed by atoms with van der Waals surface area (Å²) >= 11 is 3.49. The zero-order valence-electron chi connectivity index (χ0n) is 33.4. The van der Waals surface area contributed by atoms with Gasteiger partial charge in [0.2, 0.25) is 11.8 Å². The van der Waals surface area contributed by atoms with Gasteiger partial charge in [-0.3, -0.25) is 9.59 Å². The maximum absolute atomic E-state index is 13.6. The van der Waals surface area contributed by atoms with Gasteiger partial charge in [0.1, 0.15) is 23.7 Å². The Balaban J connectivity index is 0.987. The lowest BCUT2D eigenvalue weighted by Crippen LogP contribution is -2.51. The summed E-state index contributed by atoms with van der Waals surface area (Å²) in [5.74, 6) is 1.03. The fourth-order valence-corrected chi connectivity index (χ4v) is 10.6. The monoisotopic (exact) mass is 824 g/mol. The number of amides is 4. The van der Waals surface area contributed by atoms with Crippen LogP contribution in [-0.2, 0) is 19.1 Å². The van der Waals surface area contributed by atoms with E-state index >= 15 is 0 Å². The molecular weight excluding hydrogens is 777 g/mol. The smallest absolute Gasteiger partial charge is 0.407 e. The Kier molecular flexibility index (Phi) is 10.9. The summed E-state index contributed by atoms with van der Waals surface area (Å²) in [6, 6.07) is 15.2. The average molecular weight is 825 g/mol. The summed E-state index contributed by atoms with van der Waals surface area (Å²) in [7, 11) is 2.59. The number of methoxy groups -OCH3 is 2. The van der Waals surface area contributed by atoms with Gasteiger partial charge in [-0.15, -0.1) is 22.7 Å². The van der Waals surface area contributed by atoms with Crippen molar-refractivity contribution < 1.29 is 28.7 Å². The summed E-state index contributed by atoms with van der Waals surface area (Å²) in [6.45, 7) is 8.84. The van der Waals surface area contributed by atoms with Crippen LogP contribution in [0.1, 0.15) is 77.1 Å². The Labute approximate surface area is 343 Å². The first kappa shape index (κ1) is 39.4. The molecule has 0 bridgehead atoms. The van der Waals surface area contributed by atoms with E-state index in [1.807, 2.05) is 49.6 Å². The van der Waals surface area contributed by atoms with Crippen molar-refractivity contribution >= 4 is 78.1 Å². The molecule has 6 aromatic rings. The number of H-pyrrole nitrogens is 2. The molecule has 304 valence electrons.